The van der Waals surface area contributed by atoms with Crippen LogP contribution in [-0.4, -0.2) is 56.5 Å². The van der Waals surface area contributed by atoms with E-state index in [4.69, 9.17) is 23.2 Å². The fraction of sp³-hybridized carbons (Fsp3) is 0.350. The molecule has 3 aromatic rings. The molecular formula is C20H19Cl2F2N5O. The highest BCUT2D eigenvalue weighted by molar-refractivity contribution is 6.30. The Labute approximate surface area is 182 Å². The summed E-state index contributed by atoms with van der Waals surface area (Å²) in [5.41, 5.74) is 1.19. The average molecular weight is 454 g/mol. The zero-order chi connectivity index (χ0) is 21.5. The molecule has 0 N–H and O–H groups in total. The quantitative estimate of drug-likeness (QED) is 0.561. The highest BCUT2D eigenvalue weighted by Gasteiger charge is 2.33. The van der Waals surface area contributed by atoms with E-state index in [1.54, 1.807) is 11.8 Å². The van der Waals surface area contributed by atoms with Crippen LogP contribution in [0.3, 0.4) is 0 Å². The molecule has 0 bridgehead atoms. The number of carbonyl (C=O) groups is 1. The molecule has 10 heteroatoms. The number of carbonyl (C=O) groups excluding carboxylic acids is 1. The number of hydrogen-bond acceptors (Lipinski definition) is 4. The molecule has 1 aromatic carbocycles. The first-order valence-electron chi connectivity index (χ1n) is 9.41. The number of benzene rings is 1. The van der Waals surface area contributed by atoms with E-state index in [0.717, 1.165) is 22.7 Å². The molecule has 1 saturated heterocycles. The Morgan fingerprint density at radius 3 is 2.57 bits per heavy atom. The number of aromatic nitrogens is 3. The molecule has 0 radical (unpaired) electrons. The van der Waals surface area contributed by atoms with Crippen LogP contribution in [-0.2, 0) is 11.9 Å². The van der Waals surface area contributed by atoms with Crippen LogP contribution in [0.5, 0.6) is 0 Å². The van der Waals surface area contributed by atoms with Crippen molar-refractivity contribution in [3.05, 3.63) is 64.1 Å². The number of nitrogens with zero attached hydrogens (tertiary/aromatic N) is 5. The summed E-state index contributed by atoms with van der Waals surface area (Å²) >= 11 is 11.2. The van der Waals surface area contributed by atoms with Gasteiger partial charge < -0.3 is 4.90 Å². The van der Waals surface area contributed by atoms with Crippen molar-refractivity contribution < 1.29 is 13.6 Å². The fourth-order valence-electron chi connectivity index (χ4n) is 3.57. The van der Waals surface area contributed by atoms with Crippen molar-refractivity contribution in [2.75, 3.05) is 26.2 Å². The van der Waals surface area contributed by atoms with Crippen LogP contribution in [0.1, 0.15) is 27.4 Å². The second-order valence-electron chi connectivity index (χ2n) is 7.28. The molecule has 0 saturated carbocycles. The van der Waals surface area contributed by atoms with Gasteiger partial charge >= 0.3 is 5.38 Å². The topological polar surface area (TPSA) is 53.7 Å². The zero-order valence-corrected chi connectivity index (χ0v) is 17.7. The molecule has 1 aliphatic rings. The SMILES string of the molecule is Cc1cc(C(F)(F)Cl)n2nc(C(=O)N3CCN(Cc4cccc(Cl)c4)CC3)cc2n1. The Kier molecular flexibility index (Phi) is 5.65. The van der Waals surface area contributed by atoms with E-state index in [2.05, 4.69) is 15.0 Å². The maximum absolute atomic E-state index is 13.7. The fourth-order valence-corrected chi connectivity index (χ4v) is 3.92. The van der Waals surface area contributed by atoms with Gasteiger partial charge in [0.05, 0.1) is 0 Å². The Bertz CT molecular complexity index is 1090. The van der Waals surface area contributed by atoms with Crippen molar-refractivity contribution in [3.63, 3.8) is 0 Å². The van der Waals surface area contributed by atoms with Crippen LogP contribution >= 0.6 is 23.2 Å². The van der Waals surface area contributed by atoms with Crippen LogP contribution < -0.4 is 0 Å². The van der Waals surface area contributed by atoms with Crippen molar-refractivity contribution in [3.8, 4) is 0 Å². The minimum Gasteiger partial charge on any atom is -0.335 e. The third-order valence-electron chi connectivity index (χ3n) is 5.02. The molecule has 1 amide bonds. The molecule has 158 valence electrons. The van der Waals surface area contributed by atoms with E-state index in [-0.39, 0.29) is 17.2 Å². The molecule has 30 heavy (non-hydrogen) atoms. The van der Waals surface area contributed by atoms with Gasteiger partial charge in [-0.1, -0.05) is 23.7 Å². The van der Waals surface area contributed by atoms with Gasteiger partial charge in [0.15, 0.2) is 11.3 Å². The summed E-state index contributed by atoms with van der Waals surface area (Å²) in [7, 11) is 0. The predicted molar refractivity (Wildman–Crippen MR) is 110 cm³/mol. The highest BCUT2D eigenvalue weighted by Crippen LogP contribution is 2.32. The molecular weight excluding hydrogens is 435 g/mol. The summed E-state index contributed by atoms with van der Waals surface area (Å²) in [6, 6.07) is 10.3. The van der Waals surface area contributed by atoms with Crippen LogP contribution in [0, 0.1) is 6.92 Å². The molecule has 0 spiro atoms. The van der Waals surface area contributed by atoms with E-state index in [0.29, 0.717) is 36.9 Å². The monoisotopic (exact) mass is 453 g/mol. The summed E-state index contributed by atoms with van der Waals surface area (Å²) in [5.74, 6) is -0.315. The molecule has 0 aliphatic carbocycles. The highest BCUT2D eigenvalue weighted by atomic mass is 35.5. The maximum Gasteiger partial charge on any atom is 0.364 e. The van der Waals surface area contributed by atoms with Crippen molar-refractivity contribution in [2.24, 2.45) is 0 Å². The first-order valence-corrected chi connectivity index (χ1v) is 10.2. The van der Waals surface area contributed by atoms with E-state index in [1.807, 2.05) is 24.3 Å². The third kappa shape index (κ3) is 4.40. The first-order chi connectivity index (χ1) is 14.2. The Morgan fingerprint density at radius 1 is 1.17 bits per heavy atom. The largest absolute Gasteiger partial charge is 0.364 e. The number of alkyl halides is 3. The second kappa shape index (κ2) is 8.09. The van der Waals surface area contributed by atoms with Gasteiger partial charge in [0.1, 0.15) is 5.69 Å². The van der Waals surface area contributed by atoms with Crippen LogP contribution in [0.25, 0.3) is 5.65 Å². The lowest BCUT2D eigenvalue weighted by atomic mass is 10.2. The molecule has 0 atom stereocenters. The standard InChI is InChI=1S/C20H19Cl2F2N5O/c1-13-9-17(20(22,23)24)29-18(25-13)11-16(26-29)19(30)28-7-5-27(6-8-28)12-14-3-2-4-15(21)10-14/h2-4,9-11H,5-8,12H2,1H3. The zero-order valence-electron chi connectivity index (χ0n) is 16.2. The number of piperazine rings is 1. The third-order valence-corrected chi connectivity index (χ3v) is 5.45. The van der Waals surface area contributed by atoms with Crippen LogP contribution in [0.2, 0.25) is 5.02 Å². The van der Waals surface area contributed by atoms with E-state index in [9.17, 15) is 13.6 Å². The molecule has 0 unspecified atom stereocenters. The van der Waals surface area contributed by atoms with Gasteiger partial charge in [0.25, 0.3) is 5.91 Å². The van der Waals surface area contributed by atoms with Crippen molar-refractivity contribution in [1.29, 1.82) is 0 Å². The molecule has 6 nitrogen and oxygen atoms in total. The summed E-state index contributed by atoms with van der Waals surface area (Å²) < 4.78 is 28.4. The number of fused-ring (bicyclic) bond motifs is 1. The Morgan fingerprint density at radius 2 is 1.90 bits per heavy atom. The molecule has 1 aliphatic heterocycles. The van der Waals surface area contributed by atoms with Crippen LogP contribution in [0.4, 0.5) is 8.78 Å². The number of rotatable bonds is 4. The molecule has 4 rings (SSSR count). The number of halogens is 4. The van der Waals surface area contributed by atoms with E-state index in [1.165, 1.54) is 6.07 Å². The summed E-state index contributed by atoms with van der Waals surface area (Å²) in [5, 5.41) is 1.13. The van der Waals surface area contributed by atoms with Crippen molar-refractivity contribution in [2.45, 2.75) is 18.9 Å². The van der Waals surface area contributed by atoms with Gasteiger partial charge in [-0.25, -0.2) is 9.50 Å². The van der Waals surface area contributed by atoms with Crippen molar-refractivity contribution >= 4 is 34.8 Å². The van der Waals surface area contributed by atoms with Gasteiger partial charge in [-0.15, -0.1) is 0 Å². The number of hydrogen-bond donors (Lipinski definition) is 0. The minimum atomic E-state index is -3.62. The van der Waals surface area contributed by atoms with Gasteiger partial charge in [0.2, 0.25) is 0 Å². The lowest BCUT2D eigenvalue weighted by molar-refractivity contribution is 0.0620. The Hall–Kier alpha value is -2.29. The summed E-state index contributed by atoms with van der Waals surface area (Å²) in [6.45, 7) is 4.73. The van der Waals surface area contributed by atoms with Gasteiger partial charge in [0, 0.05) is 49.5 Å². The average Bonchev–Trinajstić information content (AvgIpc) is 3.10. The minimum absolute atomic E-state index is 0.0681. The normalized spacial score (nSPS) is 15.7. The predicted octanol–water partition coefficient (Wildman–Crippen LogP) is 3.94. The summed E-state index contributed by atoms with van der Waals surface area (Å²) in [4.78, 5) is 21.0. The first kappa shape index (κ1) is 21.0. The maximum atomic E-state index is 13.7. The lowest BCUT2D eigenvalue weighted by Crippen LogP contribution is -2.48. The lowest BCUT2D eigenvalue weighted by Gasteiger charge is -2.34. The van der Waals surface area contributed by atoms with Gasteiger partial charge in [-0.2, -0.15) is 13.9 Å². The van der Waals surface area contributed by atoms with Gasteiger partial charge in [-0.05, 0) is 42.3 Å². The molecule has 1 fully saturated rings. The second-order valence-corrected chi connectivity index (χ2v) is 8.19. The van der Waals surface area contributed by atoms with Crippen molar-refractivity contribution in [1.82, 2.24) is 24.4 Å². The molecule has 3 heterocycles. The Balaban J connectivity index is 1.47. The smallest absolute Gasteiger partial charge is 0.335 e. The number of aryl methyl sites for hydroxylation is 1. The van der Waals surface area contributed by atoms with E-state index < -0.39 is 11.1 Å². The van der Waals surface area contributed by atoms with E-state index >= 15 is 0 Å². The molecule has 2 aromatic heterocycles. The van der Waals surface area contributed by atoms with Gasteiger partial charge in [-0.3, -0.25) is 9.69 Å². The summed E-state index contributed by atoms with van der Waals surface area (Å²) in [6.07, 6.45) is 0. The number of amides is 1. The van der Waals surface area contributed by atoms with Crippen LogP contribution in [0.15, 0.2) is 36.4 Å².